The first-order chi connectivity index (χ1) is 8.81. The highest BCUT2D eigenvalue weighted by atomic mass is 16.6. The largest absolute Gasteiger partial charge is 0.480 e. The van der Waals surface area contributed by atoms with Gasteiger partial charge in [0.05, 0.1) is 11.1 Å². The van der Waals surface area contributed by atoms with Crippen molar-refractivity contribution in [2.45, 2.75) is 26.3 Å². The summed E-state index contributed by atoms with van der Waals surface area (Å²) in [4.78, 5) is 35.0. The zero-order chi connectivity index (χ0) is 14.6. The molecule has 0 aliphatic rings. The Morgan fingerprint density at radius 2 is 2.16 bits per heavy atom. The molecule has 19 heavy (non-hydrogen) atoms. The Morgan fingerprint density at radius 3 is 2.58 bits per heavy atom. The highest BCUT2D eigenvalue weighted by molar-refractivity contribution is 5.95. The number of aromatic nitrogens is 1. The quantitative estimate of drug-likeness (QED) is 0.527. The number of carbonyl (C=O) groups excluding carboxylic acids is 1. The summed E-state index contributed by atoms with van der Waals surface area (Å²) >= 11 is 0. The molecule has 0 bridgehead atoms. The molecule has 3 N–H and O–H groups in total. The van der Waals surface area contributed by atoms with E-state index in [1.54, 1.807) is 0 Å². The van der Waals surface area contributed by atoms with Gasteiger partial charge in [0, 0.05) is 6.07 Å². The summed E-state index contributed by atoms with van der Waals surface area (Å²) in [6.45, 7) is 3.67. The first kappa shape index (κ1) is 14.7. The van der Waals surface area contributed by atoms with Gasteiger partial charge in [0.1, 0.15) is 11.7 Å². The number of rotatable bonds is 6. The number of nitrogens with zero attached hydrogens (tertiary/aromatic N) is 1. The molecule has 1 heterocycles. The maximum absolute atomic E-state index is 11.7. The smallest absolute Gasteiger partial charge is 0.326 e. The Bertz CT molecular complexity index is 494. The van der Waals surface area contributed by atoms with Crippen molar-refractivity contribution in [3.8, 4) is 0 Å². The molecule has 8 heteroatoms. The second-order valence-electron chi connectivity index (χ2n) is 4.52. The van der Waals surface area contributed by atoms with Crippen LogP contribution in [-0.4, -0.2) is 32.9 Å². The Kier molecular flexibility index (Phi) is 4.62. The van der Waals surface area contributed by atoms with Crippen LogP contribution >= 0.6 is 0 Å². The molecule has 0 saturated heterocycles. The topological polar surface area (TPSA) is 125 Å². The van der Waals surface area contributed by atoms with E-state index in [0.29, 0.717) is 0 Å². The standard InChI is InChI=1S/C11H15N3O5/c1-6(2)3-9(11(16)17)13-10(15)8-4-7(5-12-8)14(18)19/h4-6,9,12H,3H2,1-2H3,(H,13,15)(H,16,17). The van der Waals surface area contributed by atoms with Gasteiger partial charge in [-0.1, -0.05) is 13.8 Å². The molecule has 1 unspecified atom stereocenters. The van der Waals surface area contributed by atoms with Gasteiger partial charge in [-0.05, 0) is 12.3 Å². The van der Waals surface area contributed by atoms with Crippen molar-refractivity contribution in [2.24, 2.45) is 5.92 Å². The fourth-order valence-corrected chi connectivity index (χ4v) is 1.55. The van der Waals surface area contributed by atoms with Gasteiger partial charge in [-0.3, -0.25) is 14.9 Å². The molecule has 0 aromatic carbocycles. The SMILES string of the molecule is CC(C)CC(NC(=O)c1cc([N+](=O)[O-])c[nH]1)C(=O)O. The Labute approximate surface area is 109 Å². The normalized spacial score (nSPS) is 12.2. The average molecular weight is 269 g/mol. The van der Waals surface area contributed by atoms with Crippen molar-refractivity contribution in [3.05, 3.63) is 28.1 Å². The number of H-pyrrole nitrogens is 1. The minimum atomic E-state index is -1.14. The first-order valence-electron chi connectivity index (χ1n) is 5.67. The number of hydrogen-bond acceptors (Lipinski definition) is 4. The summed E-state index contributed by atoms with van der Waals surface area (Å²) in [5.41, 5.74) is -0.289. The zero-order valence-corrected chi connectivity index (χ0v) is 10.5. The van der Waals surface area contributed by atoms with Crippen LogP contribution in [0.25, 0.3) is 0 Å². The molecule has 0 radical (unpaired) electrons. The fraction of sp³-hybridized carbons (Fsp3) is 0.455. The Morgan fingerprint density at radius 1 is 1.53 bits per heavy atom. The van der Waals surface area contributed by atoms with Crippen molar-refractivity contribution in [3.63, 3.8) is 0 Å². The average Bonchev–Trinajstić information content (AvgIpc) is 2.76. The molecule has 1 atom stereocenters. The monoisotopic (exact) mass is 269 g/mol. The van der Waals surface area contributed by atoms with Crippen LogP contribution in [0.5, 0.6) is 0 Å². The predicted octanol–water partition coefficient (Wildman–Crippen LogP) is 1.15. The highest BCUT2D eigenvalue weighted by Gasteiger charge is 2.23. The van der Waals surface area contributed by atoms with Gasteiger partial charge in [-0.25, -0.2) is 4.79 Å². The number of hydrogen-bond donors (Lipinski definition) is 3. The summed E-state index contributed by atoms with van der Waals surface area (Å²) in [6.07, 6.45) is 1.36. The van der Waals surface area contributed by atoms with E-state index in [0.717, 1.165) is 12.3 Å². The number of amides is 1. The second-order valence-corrected chi connectivity index (χ2v) is 4.52. The van der Waals surface area contributed by atoms with Crippen LogP contribution in [0, 0.1) is 16.0 Å². The van der Waals surface area contributed by atoms with Crippen LogP contribution in [0.15, 0.2) is 12.3 Å². The molecular formula is C11H15N3O5. The van der Waals surface area contributed by atoms with E-state index in [1.165, 1.54) is 0 Å². The molecule has 0 fully saturated rings. The Balaban J connectivity index is 2.75. The van der Waals surface area contributed by atoms with Crippen LogP contribution in [0.3, 0.4) is 0 Å². The Hall–Kier alpha value is -2.38. The predicted molar refractivity (Wildman–Crippen MR) is 65.8 cm³/mol. The molecule has 1 aromatic rings. The number of nitrogens with one attached hydrogen (secondary N) is 2. The van der Waals surface area contributed by atoms with Crippen molar-refractivity contribution < 1.29 is 19.6 Å². The molecule has 0 spiro atoms. The summed E-state index contributed by atoms with van der Waals surface area (Å²) in [5, 5.41) is 21.8. The van der Waals surface area contributed by atoms with Crippen molar-refractivity contribution in [1.82, 2.24) is 10.3 Å². The number of nitro groups is 1. The molecular weight excluding hydrogens is 254 g/mol. The third-order valence-electron chi connectivity index (χ3n) is 2.43. The lowest BCUT2D eigenvalue weighted by atomic mass is 10.0. The molecule has 1 aromatic heterocycles. The third-order valence-corrected chi connectivity index (χ3v) is 2.43. The van der Waals surface area contributed by atoms with Gasteiger partial charge in [0.15, 0.2) is 0 Å². The van der Waals surface area contributed by atoms with Crippen LogP contribution in [-0.2, 0) is 4.79 Å². The van der Waals surface area contributed by atoms with E-state index in [4.69, 9.17) is 5.11 Å². The number of carbonyl (C=O) groups is 2. The van der Waals surface area contributed by atoms with Crippen molar-refractivity contribution in [2.75, 3.05) is 0 Å². The lowest BCUT2D eigenvalue weighted by Gasteiger charge is -2.15. The molecule has 104 valence electrons. The van der Waals surface area contributed by atoms with Crippen molar-refractivity contribution >= 4 is 17.6 Å². The van der Waals surface area contributed by atoms with Crippen LogP contribution in [0.4, 0.5) is 5.69 Å². The van der Waals surface area contributed by atoms with E-state index in [1.807, 2.05) is 13.8 Å². The number of aromatic amines is 1. The van der Waals surface area contributed by atoms with E-state index in [-0.39, 0.29) is 23.7 Å². The third kappa shape index (κ3) is 4.09. The van der Waals surface area contributed by atoms with Gasteiger partial charge in [-0.15, -0.1) is 0 Å². The molecule has 8 nitrogen and oxygen atoms in total. The van der Waals surface area contributed by atoms with Crippen LogP contribution < -0.4 is 5.32 Å². The number of carboxylic acid groups (broad SMARTS) is 1. The highest BCUT2D eigenvalue weighted by Crippen LogP contribution is 2.13. The van der Waals surface area contributed by atoms with Crippen LogP contribution in [0.1, 0.15) is 30.8 Å². The summed E-state index contributed by atoms with van der Waals surface area (Å²) in [5.74, 6) is -1.72. The molecule has 0 saturated carbocycles. The lowest BCUT2D eigenvalue weighted by Crippen LogP contribution is -2.41. The van der Waals surface area contributed by atoms with Gasteiger partial charge < -0.3 is 15.4 Å². The van der Waals surface area contributed by atoms with E-state index >= 15 is 0 Å². The summed E-state index contributed by atoms with van der Waals surface area (Å²) in [7, 11) is 0. The maximum atomic E-state index is 11.7. The minimum Gasteiger partial charge on any atom is -0.480 e. The van der Waals surface area contributed by atoms with E-state index in [2.05, 4.69) is 10.3 Å². The molecule has 1 rings (SSSR count). The molecule has 1 amide bonds. The number of aliphatic carboxylic acids is 1. The van der Waals surface area contributed by atoms with E-state index in [9.17, 15) is 19.7 Å². The van der Waals surface area contributed by atoms with Crippen molar-refractivity contribution in [1.29, 1.82) is 0 Å². The van der Waals surface area contributed by atoms with Gasteiger partial charge in [-0.2, -0.15) is 0 Å². The zero-order valence-electron chi connectivity index (χ0n) is 10.5. The summed E-state index contributed by atoms with van der Waals surface area (Å²) < 4.78 is 0. The van der Waals surface area contributed by atoms with Gasteiger partial charge in [0.2, 0.25) is 0 Å². The molecule has 0 aliphatic heterocycles. The van der Waals surface area contributed by atoms with Crippen LogP contribution in [0.2, 0.25) is 0 Å². The fourth-order valence-electron chi connectivity index (χ4n) is 1.55. The number of carboxylic acids is 1. The van der Waals surface area contributed by atoms with Gasteiger partial charge in [0.25, 0.3) is 11.6 Å². The summed E-state index contributed by atoms with van der Waals surface area (Å²) in [6, 6.07) is 0.0405. The minimum absolute atomic E-state index is 0.0401. The maximum Gasteiger partial charge on any atom is 0.326 e. The lowest BCUT2D eigenvalue weighted by molar-refractivity contribution is -0.384. The second kappa shape index (κ2) is 5.98. The molecule has 0 aliphatic carbocycles. The van der Waals surface area contributed by atoms with E-state index < -0.39 is 22.8 Å². The first-order valence-corrected chi connectivity index (χ1v) is 5.67. The van der Waals surface area contributed by atoms with Gasteiger partial charge >= 0.3 is 5.97 Å².